The SMILES string of the molecule is CCCCCCCCCCCC(NCC)C(C)(C)C. The molecular formula is C18H39N. The van der Waals surface area contributed by atoms with Crippen LogP contribution in [-0.2, 0) is 0 Å². The van der Waals surface area contributed by atoms with Gasteiger partial charge in [0.15, 0.2) is 0 Å². The Morgan fingerprint density at radius 1 is 0.737 bits per heavy atom. The van der Waals surface area contributed by atoms with Crippen molar-refractivity contribution < 1.29 is 0 Å². The molecular weight excluding hydrogens is 230 g/mol. The van der Waals surface area contributed by atoms with Crippen LogP contribution in [0.15, 0.2) is 0 Å². The molecule has 0 aromatic carbocycles. The van der Waals surface area contributed by atoms with E-state index >= 15 is 0 Å². The van der Waals surface area contributed by atoms with E-state index in [1.54, 1.807) is 0 Å². The number of nitrogens with one attached hydrogen (secondary N) is 1. The molecule has 0 aromatic rings. The van der Waals surface area contributed by atoms with Crippen molar-refractivity contribution in [1.82, 2.24) is 5.32 Å². The molecule has 0 heterocycles. The number of unbranched alkanes of at least 4 members (excludes halogenated alkanes) is 8. The zero-order valence-electron chi connectivity index (χ0n) is 14.4. The quantitative estimate of drug-likeness (QED) is 0.433. The van der Waals surface area contributed by atoms with Crippen LogP contribution in [0.1, 0.15) is 98.8 Å². The molecule has 1 N–H and O–H groups in total. The highest BCUT2D eigenvalue weighted by molar-refractivity contribution is 4.79. The summed E-state index contributed by atoms with van der Waals surface area (Å²) in [6, 6.07) is 0.682. The zero-order chi connectivity index (χ0) is 14.6. The van der Waals surface area contributed by atoms with Crippen LogP contribution in [0, 0.1) is 5.41 Å². The Kier molecular flexibility index (Phi) is 11.7. The molecule has 116 valence electrons. The van der Waals surface area contributed by atoms with Gasteiger partial charge in [-0.05, 0) is 18.4 Å². The van der Waals surface area contributed by atoms with Crippen molar-refractivity contribution in [2.45, 2.75) is 105 Å². The summed E-state index contributed by atoms with van der Waals surface area (Å²) in [5.41, 5.74) is 0.399. The fourth-order valence-electron chi connectivity index (χ4n) is 2.75. The second kappa shape index (κ2) is 11.8. The van der Waals surface area contributed by atoms with Crippen LogP contribution in [0.25, 0.3) is 0 Å². The monoisotopic (exact) mass is 269 g/mol. The molecule has 1 unspecified atom stereocenters. The van der Waals surface area contributed by atoms with E-state index in [0.29, 0.717) is 11.5 Å². The van der Waals surface area contributed by atoms with Crippen LogP contribution < -0.4 is 5.32 Å². The number of hydrogen-bond acceptors (Lipinski definition) is 1. The Morgan fingerprint density at radius 2 is 1.21 bits per heavy atom. The molecule has 0 rings (SSSR count). The van der Waals surface area contributed by atoms with Gasteiger partial charge in [-0.1, -0.05) is 92.4 Å². The van der Waals surface area contributed by atoms with E-state index in [1.165, 1.54) is 64.2 Å². The summed E-state index contributed by atoms with van der Waals surface area (Å²) in [5.74, 6) is 0. The predicted molar refractivity (Wildman–Crippen MR) is 88.8 cm³/mol. The molecule has 0 aliphatic carbocycles. The lowest BCUT2D eigenvalue weighted by Gasteiger charge is -2.31. The zero-order valence-corrected chi connectivity index (χ0v) is 14.4. The third-order valence-electron chi connectivity index (χ3n) is 4.09. The summed E-state index contributed by atoms with van der Waals surface area (Å²) in [6.45, 7) is 12.7. The van der Waals surface area contributed by atoms with Crippen molar-refractivity contribution in [3.63, 3.8) is 0 Å². The van der Waals surface area contributed by atoms with E-state index in [1.807, 2.05) is 0 Å². The van der Waals surface area contributed by atoms with Crippen LogP contribution in [0.4, 0.5) is 0 Å². The third-order valence-corrected chi connectivity index (χ3v) is 4.09. The van der Waals surface area contributed by atoms with E-state index in [0.717, 1.165) is 6.54 Å². The van der Waals surface area contributed by atoms with Gasteiger partial charge in [-0.2, -0.15) is 0 Å². The van der Waals surface area contributed by atoms with Gasteiger partial charge in [-0.25, -0.2) is 0 Å². The normalized spacial score (nSPS) is 13.7. The van der Waals surface area contributed by atoms with E-state index in [4.69, 9.17) is 0 Å². The summed E-state index contributed by atoms with van der Waals surface area (Å²) in [7, 11) is 0. The Labute approximate surface area is 122 Å². The van der Waals surface area contributed by atoms with Crippen LogP contribution in [0.2, 0.25) is 0 Å². The van der Waals surface area contributed by atoms with Crippen molar-refractivity contribution in [3.8, 4) is 0 Å². The molecule has 19 heavy (non-hydrogen) atoms. The van der Waals surface area contributed by atoms with Gasteiger partial charge in [0.05, 0.1) is 0 Å². The van der Waals surface area contributed by atoms with Gasteiger partial charge < -0.3 is 5.32 Å². The summed E-state index contributed by atoms with van der Waals surface area (Å²) in [5, 5.41) is 3.65. The molecule has 0 fully saturated rings. The minimum absolute atomic E-state index is 0.399. The van der Waals surface area contributed by atoms with Crippen molar-refractivity contribution in [2.75, 3.05) is 6.54 Å². The fraction of sp³-hybridized carbons (Fsp3) is 1.00. The lowest BCUT2D eigenvalue weighted by molar-refractivity contribution is 0.252. The molecule has 1 nitrogen and oxygen atoms in total. The number of rotatable bonds is 12. The molecule has 0 aromatic heterocycles. The first kappa shape index (κ1) is 19.0. The van der Waals surface area contributed by atoms with E-state index in [-0.39, 0.29) is 0 Å². The van der Waals surface area contributed by atoms with Crippen LogP contribution >= 0.6 is 0 Å². The van der Waals surface area contributed by atoms with E-state index < -0.39 is 0 Å². The van der Waals surface area contributed by atoms with Gasteiger partial charge in [0.2, 0.25) is 0 Å². The molecule has 0 saturated heterocycles. The summed E-state index contributed by atoms with van der Waals surface area (Å²) in [4.78, 5) is 0. The van der Waals surface area contributed by atoms with E-state index in [9.17, 15) is 0 Å². The first-order valence-electron chi connectivity index (χ1n) is 8.75. The first-order chi connectivity index (χ1) is 9.02. The molecule has 0 bridgehead atoms. The molecule has 0 spiro atoms. The van der Waals surface area contributed by atoms with E-state index in [2.05, 4.69) is 39.9 Å². The van der Waals surface area contributed by atoms with Gasteiger partial charge in [-0.15, -0.1) is 0 Å². The van der Waals surface area contributed by atoms with Gasteiger partial charge >= 0.3 is 0 Å². The lowest BCUT2D eigenvalue weighted by Crippen LogP contribution is -2.40. The van der Waals surface area contributed by atoms with Crippen molar-refractivity contribution in [3.05, 3.63) is 0 Å². The predicted octanol–water partition coefficient (Wildman–Crippen LogP) is 5.93. The number of hydrogen-bond donors (Lipinski definition) is 1. The maximum Gasteiger partial charge on any atom is 0.0115 e. The van der Waals surface area contributed by atoms with Crippen LogP contribution in [0.3, 0.4) is 0 Å². The Morgan fingerprint density at radius 3 is 1.63 bits per heavy atom. The average Bonchev–Trinajstić information content (AvgIpc) is 2.34. The fourth-order valence-corrected chi connectivity index (χ4v) is 2.75. The Bertz CT molecular complexity index is 181. The molecule has 1 atom stereocenters. The molecule has 0 aliphatic rings. The highest BCUT2D eigenvalue weighted by Gasteiger charge is 2.22. The second-order valence-corrected chi connectivity index (χ2v) is 7.09. The summed E-state index contributed by atoms with van der Waals surface area (Å²) >= 11 is 0. The Hall–Kier alpha value is -0.0400. The molecule has 1 heteroatoms. The van der Waals surface area contributed by atoms with Gasteiger partial charge in [0, 0.05) is 6.04 Å². The maximum absolute atomic E-state index is 3.65. The highest BCUT2D eigenvalue weighted by Crippen LogP contribution is 2.24. The minimum Gasteiger partial charge on any atom is -0.314 e. The molecule has 0 amide bonds. The van der Waals surface area contributed by atoms with Crippen molar-refractivity contribution in [1.29, 1.82) is 0 Å². The topological polar surface area (TPSA) is 12.0 Å². The minimum atomic E-state index is 0.399. The average molecular weight is 270 g/mol. The highest BCUT2D eigenvalue weighted by atomic mass is 14.9. The first-order valence-corrected chi connectivity index (χ1v) is 8.75. The summed E-state index contributed by atoms with van der Waals surface area (Å²) < 4.78 is 0. The largest absolute Gasteiger partial charge is 0.314 e. The standard InChI is InChI=1S/C18H39N/c1-6-8-9-10-11-12-13-14-15-16-17(19-7-2)18(3,4)5/h17,19H,6-16H2,1-5H3. The van der Waals surface area contributed by atoms with Crippen molar-refractivity contribution >= 4 is 0 Å². The van der Waals surface area contributed by atoms with Gasteiger partial charge in [-0.3, -0.25) is 0 Å². The van der Waals surface area contributed by atoms with Gasteiger partial charge in [0.25, 0.3) is 0 Å². The van der Waals surface area contributed by atoms with Crippen LogP contribution in [0.5, 0.6) is 0 Å². The summed E-state index contributed by atoms with van der Waals surface area (Å²) in [6.07, 6.45) is 14.2. The van der Waals surface area contributed by atoms with Crippen LogP contribution in [-0.4, -0.2) is 12.6 Å². The van der Waals surface area contributed by atoms with Gasteiger partial charge in [0.1, 0.15) is 0 Å². The maximum atomic E-state index is 3.65. The van der Waals surface area contributed by atoms with Crippen molar-refractivity contribution in [2.24, 2.45) is 5.41 Å². The lowest BCUT2D eigenvalue weighted by atomic mass is 9.83. The molecule has 0 saturated carbocycles. The second-order valence-electron chi connectivity index (χ2n) is 7.09. The third kappa shape index (κ3) is 11.5. The molecule has 0 aliphatic heterocycles. The molecule has 0 radical (unpaired) electrons. The Balaban J connectivity index is 3.45. The smallest absolute Gasteiger partial charge is 0.0115 e.